The number of hydrogen-bond acceptors (Lipinski definition) is 2. The fourth-order valence-corrected chi connectivity index (χ4v) is 2.22. The standard InChI is InChI=1S/C11H20N2O/c1-8-5-9(8)6-13-10(14)11(7-12)3-2-4-11/h8-9H,2-7,12H2,1H3,(H,13,14). The van der Waals surface area contributed by atoms with Crippen LogP contribution in [-0.4, -0.2) is 19.0 Å². The van der Waals surface area contributed by atoms with Crippen LogP contribution in [0.3, 0.4) is 0 Å². The number of nitrogens with one attached hydrogen (secondary N) is 1. The Morgan fingerprint density at radius 3 is 2.57 bits per heavy atom. The molecule has 2 aliphatic rings. The average molecular weight is 196 g/mol. The first kappa shape index (κ1) is 9.97. The van der Waals surface area contributed by atoms with Gasteiger partial charge in [-0.2, -0.15) is 0 Å². The summed E-state index contributed by atoms with van der Waals surface area (Å²) in [5.74, 6) is 1.74. The minimum atomic E-state index is -0.196. The van der Waals surface area contributed by atoms with Gasteiger partial charge < -0.3 is 11.1 Å². The summed E-state index contributed by atoms with van der Waals surface area (Å²) in [7, 11) is 0. The molecule has 0 radical (unpaired) electrons. The van der Waals surface area contributed by atoms with Crippen molar-refractivity contribution in [3.05, 3.63) is 0 Å². The Kier molecular flexibility index (Phi) is 2.52. The molecular formula is C11H20N2O. The molecule has 3 N–H and O–H groups in total. The largest absolute Gasteiger partial charge is 0.355 e. The number of carbonyl (C=O) groups excluding carboxylic acids is 1. The Balaban J connectivity index is 1.76. The smallest absolute Gasteiger partial charge is 0.227 e. The molecule has 2 aliphatic carbocycles. The Labute approximate surface area is 85.4 Å². The quantitative estimate of drug-likeness (QED) is 0.701. The Hall–Kier alpha value is -0.570. The summed E-state index contributed by atoms with van der Waals surface area (Å²) in [6.45, 7) is 3.61. The first-order valence-corrected chi connectivity index (χ1v) is 5.66. The fraction of sp³-hybridized carbons (Fsp3) is 0.909. The number of nitrogens with two attached hydrogens (primary N) is 1. The van der Waals surface area contributed by atoms with Gasteiger partial charge in [0.25, 0.3) is 0 Å². The summed E-state index contributed by atoms with van der Waals surface area (Å²) in [5, 5.41) is 3.05. The maximum Gasteiger partial charge on any atom is 0.227 e. The van der Waals surface area contributed by atoms with Crippen LogP contribution in [0.1, 0.15) is 32.6 Å². The van der Waals surface area contributed by atoms with Crippen LogP contribution in [-0.2, 0) is 4.79 Å². The molecule has 0 saturated heterocycles. The maximum atomic E-state index is 11.8. The van der Waals surface area contributed by atoms with Crippen molar-refractivity contribution >= 4 is 5.91 Å². The lowest BCUT2D eigenvalue weighted by Crippen LogP contribution is -2.50. The molecule has 80 valence electrons. The van der Waals surface area contributed by atoms with Gasteiger partial charge in [0.2, 0.25) is 5.91 Å². The van der Waals surface area contributed by atoms with Gasteiger partial charge in [-0.15, -0.1) is 0 Å². The number of carbonyl (C=O) groups is 1. The van der Waals surface area contributed by atoms with E-state index in [1.54, 1.807) is 0 Å². The Morgan fingerprint density at radius 1 is 1.57 bits per heavy atom. The molecule has 3 nitrogen and oxygen atoms in total. The summed E-state index contributed by atoms with van der Waals surface area (Å²) in [6.07, 6.45) is 4.39. The van der Waals surface area contributed by atoms with Crippen LogP contribution in [0.4, 0.5) is 0 Å². The first-order chi connectivity index (χ1) is 6.68. The third-order valence-electron chi connectivity index (χ3n) is 3.98. The lowest BCUT2D eigenvalue weighted by molar-refractivity contribution is -0.135. The SMILES string of the molecule is CC1CC1CNC(=O)C1(CN)CCC1. The van der Waals surface area contributed by atoms with Crippen LogP contribution >= 0.6 is 0 Å². The second-order valence-corrected chi connectivity index (χ2v) is 5.02. The highest BCUT2D eigenvalue weighted by molar-refractivity contribution is 5.83. The highest BCUT2D eigenvalue weighted by Crippen LogP contribution is 2.41. The molecule has 2 atom stereocenters. The highest BCUT2D eigenvalue weighted by atomic mass is 16.2. The van der Waals surface area contributed by atoms with E-state index in [0.29, 0.717) is 6.54 Å². The second kappa shape index (κ2) is 3.54. The van der Waals surface area contributed by atoms with E-state index in [2.05, 4.69) is 12.2 Å². The molecular weight excluding hydrogens is 176 g/mol. The summed E-state index contributed by atoms with van der Waals surface area (Å²) in [6, 6.07) is 0. The minimum absolute atomic E-state index is 0.196. The minimum Gasteiger partial charge on any atom is -0.355 e. The van der Waals surface area contributed by atoms with Gasteiger partial charge >= 0.3 is 0 Å². The van der Waals surface area contributed by atoms with Crippen molar-refractivity contribution in [3.8, 4) is 0 Å². The van der Waals surface area contributed by atoms with Gasteiger partial charge in [-0.25, -0.2) is 0 Å². The van der Waals surface area contributed by atoms with E-state index in [1.165, 1.54) is 6.42 Å². The molecule has 0 aromatic rings. The van der Waals surface area contributed by atoms with Crippen LogP contribution in [0.15, 0.2) is 0 Å². The molecule has 0 spiro atoms. The molecule has 2 rings (SSSR count). The van der Waals surface area contributed by atoms with Crippen molar-refractivity contribution in [1.82, 2.24) is 5.32 Å². The summed E-state index contributed by atoms with van der Waals surface area (Å²) >= 11 is 0. The Bertz CT molecular complexity index is 230. The summed E-state index contributed by atoms with van der Waals surface area (Å²) < 4.78 is 0. The normalized spacial score (nSPS) is 33.3. The van der Waals surface area contributed by atoms with Gasteiger partial charge in [-0.05, 0) is 31.1 Å². The zero-order valence-corrected chi connectivity index (χ0v) is 8.88. The van der Waals surface area contributed by atoms with Crippen molar-refractivity contribution in [2.45, 2.75) is 32.6 Å². The third-order valence-corrected chi connectivity index (χ3v) is 3.98. The lowest BCUT2D eigenvalue weighted by atomic mass is 9.68. The zero-order chi connectivity index (χ0) is 10.2. The molecule has 0 heterocycles. The highest BCUT2D eigenvalue weighted by Gasteiger charge is 2.43. The molecule has 0 aromatic heterocycles. The topological polar surface area (TPSA) is 55.1 Å². The molecule has 0 bridgehead atoms. The van der Waals surface area contributed by atoms with E-state index in [4.69, 9.17) is 5.73 Å². The van der Waals surface area contributed by atoms with Crippen molar-refractivity contribution in [2.75, 3.05) is 13.1 Å². The van der Waals surface area contributed by atoms with E-state index < -0.39 is 0 Å². The third kappa shape index (κ3) is 1.65. The van der Waals surface area contributed by atoms with Gasteiger partial charge in [-0.3, -0.25) is 4.79 Å². The van der Waals surface area contributed by atoms with Crippen LogP contribution in [0.5, 0.6) is 0 Å². The van der Waals surface area contributed by atoms with Gasteiger partial charge in [0.1, 0.15) is 0 Å². The van der Waals surface area contributed by atoms with Crippen molar-refractivity contribution in [3.63, 3.8) is 0 Å². The average Bonchev–Trinajstić information content (AvgIpc) is 2.78. The maximum absolute atomic E-state index is 11.8. The van der Waals surface area contributed by atoms with Crippen molar-refractivity contribution < 1.29 is 4.79 Å². The molecule has 0 aromatic carbocycles. The van der Waals surface area contributed by atoms with Crippen LogP contribution in [0.2, 0.25) is 0 Å². The monoisotopic (exact) mass is 196 g/mol. The van der Waals surface area contributed by atoms with E-state index in [1.807, 2.05) is 0 Å². The zero-order valence-electron chi connectivity index (χ0n) is 8.88. The molecule has 0 aliphatic heterocycles. The Morgan fingerprint density at radius 2 is 2.21 bits per heavy atom. The number of amides is 1. The molecule has 1 amide bonds. The molecule has 2 fully saturated rings. The van der Waals surface area contributed by atoms with Crippen LogP contribution in [0.25, 0.3) is 0 Å². The van der Waals surface area contributed by atoms with E-state index in [-0.39, 0.29) is 11.3 Å². The van der Waals surface area contributed by atoms with E-state index in [0.717, 1.165) is 37.6 Å². The van der Waals surface area contributed by atoms with Crippen molar-refractivity contribution in [1.29, 1.82) is 0 Å². The summed E-state index contributed by atoms with van der Waals surface area (Å²) in [4.78, 5) is 11.8. The van der Waals surface area contributed by atoms with Crippen LogP contribution in [0, 0.1) is 17.3 Å². The van der Waals surface area contributed by atoms with Gasteiger partial charge in [0, 0.05) is 13.1 Å². The fourth-order valence-electron chi connectivity index (χ4n) is 2.22. The first-order valence-electron chi connectivity index (χ1n) is 5.66. The lowest BCUT2D eigenvalue weighted by Gasteiger charge is -2.39. The molecule has 2 unspecified atom stereocenters. The second-order valence-electron chi connectivity index (χ2n) is 5.02. The molecule has 2 saturated carbocycles. The summed E-state index contributed by atoms with van der Waals surface area (Å²) in [5.41, 5.74) is 5.46. The van der Waals surface area contributed by atoms with Gasteiger partial charge in [0.05, 0.1) is 5.41 Å². The van der Waals surface area contributed by atoms with E-state index >= 15 is 0 Å². The number of hydrogen-bond donors (Lipinski definition) is 2. The van der Waals surface area contributed by atoms with Crippen LogP contribution < -0.4 is 11.1 Å². The molecule has 3 heteroatoms. The van der Waals surface area contributed by atoms with E-state index in [9.17, 15) is 4.79 Å². The number of rotatable bonds is 4. The molecule has 14 heavy (non-hydrogen) atoms. The predicted octanol–water partition coefficient (Wildman–Crippen LogP) is 0.888. The predicted molar refractivity (Wildman–Crippen MR) is 55.6 cm³/mol. The van der Waals surface area contributed by atoms with Crippen molar-refractivity contribution in [2.24, 2.45) is 23.0 Å². The van der Waals surface area contributed by atoms with Gasteiger partial charge in [0.15, 0.2) is 0 Å². The van der Waals surface area contributed by atoms with Gasteiger partial charge in [-0.1, -0.05) is 13.3 Å².